The van der Waals surface area contributed by atoms with Gasteiger partial charge in [0.15, 0.2) is 5.69 Å². The maximum Gasteiger partial charge on any atom is 0.435 e. The van der Waals surface area contributed by atoms with Crippen molar-refractivity contribution in [2.75, 3.05) is 26.1 Å². The Bertz CT molecular complexity index is 1110. The number of hydrogen-bond acceptors (Lipinski definition) is 8. The minimum absolute atomic E-state index is 0.0869. The number of carbonyl (C=O) groups excluding carboxylic acids is 1. The molecular weight excluding hydrogens is 491 g/mol. The summed E-state index contributed by atoms with van der Waals surface area (Å²) in [6.45, 7) is 2.47. The lowest BCUT2D eigenvalue weighted by molar-refractivity contribution is -0.141. The first-order chi connectivity index (χ1) is 16.5. The molecule has 0 saturated carbocycles. The zero-order valence-corrected chi connectivity index (χ0v) is 20.0. The van der Waals surface area contributed by atoms with Gasteiger partial charge in [-0.2, -0.15) is 13.2 Å². The third-order valence-electron chi connectivity index (χ3n) is 4.37. The van der Waals surface area contributed by atoms with E-state index in [0.717, 1.165) is 25.0 Å². The molecule has 2 rings (SSSR count). The fourth-order valence-electron chi connectivity index (χ4n) is 2.66. The molecule has 0 atom stereocenters. The van der Waals surface area contributed by atoms with Crippen LogP contribution >= 0.6 is 0 Å². The average Bonchev–Trinajstić information content (AvgIpc) is 2.78. The van der Waals surface area contributed by atoms with Crippen molar-refractivity contribution in [1.29, 1.82) is 0 Å². The first-order valence-corrected chi connectivity index (χ1v) is 12.3. The van der Waals surface area contributed by atoms with Crippen LogP contribution < -0.4 is 14.2 Å². The van der Waals surface area contributed by atoms with Crippen molar-refractivity contribution in [1.82, 2.24) is 14.9 Å². The van der Waals surface area contributed by atoms with Gasteiger partial charge in [-0.1, -0.05) is 19.8 Å². The summed E-state index contributed by atoms with van der Waals surface area (Å²) in [5, 5.41) is 6.54. The molecular formula is C22H26F3N3O6S. The van der Waals surface area contributed by atoms with E-state index in [-0.39, 0.29) is 24.0 Å². The molecule has 0 spiro atoms. The van der Waals surface area contributed by atoms with Crippen LogP contribution in [0.1, 0.15) is 37.4 Å². The van der Waals surface area contributed by atoms with E-state index in [1.54, 1.807) is 6.07 Å². The summed E-state index contributed by atoms with van der Waals surface area (Å²) in [6, 6.07) is 6.24. The molecule has 9 nitrogen and oxygen atoms in total. The number of ether oxygens (including phenoxy) is 3. The molecule has 0 unspecified atom stereocenters. The topological polar surface area (TPSA) is 117 Å². The van der Waals surface area contributed by atoms with Crippen LogP contribution in [0.4, 0.5) is 13.2 Å². The highest BCUT2D eigenvalue weighted by Gasteiger charge is 2.33. The maximum absolute atomic E-state index is 12.7. The highest BCUT2D eigenvalue weighted by molar-refractivity contribution is 7.90. The van der Waals surface area contributed by atoms with E-state index < -0.39 is 27.8 Å². The van der Waals surface area contributed by atoms with Crippen molar-refractivity contribution in [2.24, 2.45) is 0 Å². The van der Waals surface area contributed by atoms with Crippen molar-refractivity contribution in [3.8, 4) is 17.4 Å². The summed E-state index contributed by atoms with van der Waals surface area (Å²) < 4.78 is 80.1. The molecule has 1 N–H and O–H groups in total. The monoisotopic (exact) mass is 517 g/mol. The van der Waals surface area contributed by atoms with E-state index in [4.69, 9.17) is 14.2 Å². The normalized spacial score (nSPS) is 12.0. The minimum Gasteiger partial charge on any atom is -0.491 e. The third-order valence-corrected chi connectivity index (χ3v) is 5.71. The van der Waals surface area contributed by atoms with Crippen molar-refractivity contribution >= 4 is 22.0 Å². The van der Waals surface area contributed by atoms with Crippen LogP contribution in [0, 0.1) is 0 Å². The number of nitrogens with one attached hydrogen (secondary N) is 1. The summed E-state index contributed by atoms with van der Waals surface area (Å²) in [5.74, 6) is -0.817. The van der Waals surface area contributed by atoms with Crippen molar-refractivity contribution in [2.45, 2.75) is 32.4 Å². The molecule has 0 aliphatic rings. The lowest BCUT2D eigenvalue weighted by atomic mass is 10.1. The molecule has 0 aliphatic heterocycles. The number of hydrogen-bond donors (Lipinski definition) is 1. The molecule has 0 aliphatic carbocycles. The Labute approximate surface area is 201 Å². The summed E-state index contributed by atoms with van der Waals surface area (Å²) >= 11 is 0. The van der Waals surface area contributed by atoms with Gasteiger partial charge in [-0.3, -0.25) is 4.79 Å². The third kappa shape index (κ3) is 9.91. The molecule has 0 radical (unpaired) electrons. The first kappa shape index (κ1) is 28.1. The minimum atomic E-state index is -4.65. The second-order valence-corrected chi connectivity index (χ2v) is 9.07. The number of amides is 1. The number of carbonyl (C=O) groups is 1. The molecule has 1 aromatic carbocycles. The molecule has 35 heavy (non-hydrogen) atoms. The Morgan fingerprint density at radius 1 is 1.11 bits per heavy atom. The largest absolute Gasteiger partial charge is 0.491 e. The summed E-state index contributed by atoms with van der Waals surface area (Å²) in [6.07, 6.45) is -0.373. The molecule has 0 fully saturated rings. The van der Waals surface area contributed by atoms with Gasteiger partial charge >= 0.3 is 6.18 Å². The fraction of sp³-hybridized carbons (Fsp3) is 0.409. The predicted molar refractivity (Wildman–Crippen MR) is 121 cm³/mol. The Morgan fingerprint density at radius 2 is 1.89 bits per heavy atom. The molecule has 13 heteroatoms. The van der Waals surface area contributed by atoms with Gasteiger partial charge in [0.25, 0.3) is 5.91 Å². The van der Waals surface area contributed by atoms with E-state index >= 15 is 0 Å². The van der Waals surface area contributed by atoms with E-state index in [9.17, 15) is 26.4 Å². The Hall–Kier alpha value is -3.19. The lowest BCUT2D eigenvalue weighted by Crippen LogP contribution is -2.31. The van der Waals surface area contributed by atoms with E-state index in [1.807, 2.05) is 11.6 Å². The molecule has 192 valence electrons. The number of rotatable bonds is 13. The quantitative estimate of drug-likeness (QED) is 0.314. The molecule has 1 amide bonds. The zero-order chi connectivity index (χ0) is 25.9. The Morgan fingerprint density at radius 3 is 2.51 bits per heavy atom. The summed E-state index contributed by atoms with van der Waals surface area (Å²) in [7, 11) is -2.27. The van der Waals surface area contributed by atoms with Gasteiger partial charge in [0.2, 0.25) is 15.9 Å². The van der Waals surface area contributed by atoms with Crippen molar-refractivity contribution < 1.29 is 40.6 Å². The molecule has 0 bridgehead atoms. The van der Waals surface area contributed by atoms with Crippen LogP contribution in [0.15, 0.2) is 36.4 Å². The Balaban J connectivity index is 2.22. The smallest absolute Gasteiger partial charge is 0.435 e. The van der Waals surface area contributed by atoms with Crippen LogP contribution in [-0.2, 0) is 25.7 Å². The average molecular weight is 518 g/mol. The van der Waals surface area contributed by atoms with E-state index in [1.165, 1.54) is 25.3 Å². The van der Waals surface area contributed by atoms with E-state index in [2.05, 4.69) is 10.2 Å². The molecule has 1 heterocycles. The van der Waals surface area contributed by atoms with Crippen molar-refractivity contribution in [3.63, 3.8) is 0 Å². The van der Waals surface area contributed by atoms with Gasteiger partial charge in [-0.25, -0.2) is 13.1 Å². The lowest BCUT2D eigenvalue weighted by Gasteiger charge is -2.12. The molecule has 0 saturated heterocycles. The number of sulfonamides is 1. The maximum atomic E-state index is 12.7. The van der Waals surface area contributed by atoms with Gasteiger partial charge < -0.3 is 14.2 Å². The highest BCUT2D eigenvalue weighted by Crippen LogP contribution is 2.31. The number of aromatic nitrogens is 2. The number of nitrogens with zero attached hydrogens (tertiary/aromatic N) is 2. The number of methoxy groups -OCH3 is 1. The number of alkyl halides is 3. The number of benzene rings is 1. The van der Waals surface area contributed by atoms with Crippen LogP contribution in [0.3, 0.4) is 0 Å². The number of unbranched alkanes of at least 4 members (excludes halogenated alkanes) is 2. The van der Waals surface area contributed by atoms with Crippen LogP contribution in [0.25, 0.3) is 6.08 Å². The van der Waals surface area contributed by atoms with Crippen LogP contribution in [-0.4, -0.2) is 50.6 Å². The van der Waals surface area contributed by atoms with Crippen LogP contribution in [0.5, 0.6) is 17.4 Å². The zero-order valence-electron chi connectivity index (χ0n) is 19.2. The Kier molecular flexibility index (Phi) is 10.5. The second-order valence-electron chi connectivity index (χ2n) is 7.22. The molecule has 1 aromatic heterocycles. The standard InChI is InChI=1S/C22H26F3N3O6S/c1-3-4-5-14-35(30,31)28-20(29)10-7-16-6-8-17(33-13-12-32-2)15-18(16)34-21-11-9-19(26-27-21)22(23,24)25/h6-11,15H,3-5,12-14H2,1-2H3,(H,28,29)/b10-7+. The van der Waals surface area contributed by atoms with Crippen LogP contribution in [0.2, 0.25) is 0 Å². The first-order valence-electron chi connectivity index (χ1n) is 10.6. The van der Waals surface area contributed by atoms with Gasteiger partial charge in [0, 0.05) is 30.9 Å². The van der Waals surface area contributed by atoms with Gasteiger partial charge in [0.05, 0.1) is 12.4 Å². The summed E-state index contributed by atoms with van der Waals surface area (Å²) in [5.41, 5.74) is -0.872. The SMILES string of the molecule is CCCCCS(=O)(=O)NC(=O)/C=C/c1ccc(OCCOC)cc1Oc1ccc(C(F)(F)F)nn1. The second kappa shape index (κ2) is 13.0. The molecule has 2 aromatic rings. The predicted octanol–water partition coefficient (Wildman–Crippen LogP) is 3.96. The fourth-order valence-corrected chi connectivity index (χ4v) is 3.72. The van der Waals surface area contributed by atoms with E-state index in [0.29, 0.717) is 30.4 Å². The summed E-state index contributed by atoms with van der Waals surface area (Å²) in [4.78, 5) is 12.1. The van der Waals surface area contributed by atoms with Crippen molar-refractivity contribution in [3.05, 3.63) is 47.7 Å². The van der Waals surface area contributed by atoms with Gasteiger partial charge in [-0.15, -0.1) is 10.2 Å². The van der Waals surface area contributed by atoms with Gasteiger partial charge in [0.1, 0.15) is 18.1 Å². The van der Waals surface area contributed by atoms with Gasteiger partial charge in [-0.05, 0) is 30.7 Å². The number of halogens is 3. The highest BCUT2D eigenvalue weighted by atomic mass is 32.2.